The van der Waals surface area contributed by atoms with Crippen LogP contribution in [0.5, 0.6) is 5.75 Å². The summed E-state index contributed by atoms with van der Waals surface area (Å²) >= 11 is 17.6. The zero-order valence-corrected chi connectivity index (χ0v) is 8.89. The Morgan fingerprint density at radius 3 is 2.25 bits per heavy atom. The van der Waals surface area contributed by atoms with E-state index < -0.39 is 0 Å². The van der Waals surface area contributed by atoms with Gasteiger partial charge in [0.1, 0.15) is 10.8 Å². The number of halogens is 3. The highest BCUT2D eigenvalue weighted by Crippen LogP contribution is 2.38. The average Bonchev–Trinajstić information content (AvgIpc) is 2.08. The smallest absolute Gasteiger partial charge is 0.140 e. The van der Waals surface area contributed by atoms with E-state index in [-0.39, 0.29) is 0 Å². The van der Waals surface area contributed by atoms with Gasteiger partial charge in [-0.25, -0.2) is 0 Å². The van der Waals surface area contributed by atoms with Gasteiger partial charge in [-0.15, -0.1) is 0 Å². The molecule has 0 aromatic heterocycles. The van der Waals surface area contributed by atoms with E-state index in [4.69, 9.17) is 39.5 Å². The number of hydrogen-bond donors (Lipinski definition) is 0. The zero-order valence-electron chi connectivity index (χ0n) is 6.62. The van der Waals surface area contributed by atoms with Gasteiger partial charge >= 0.3 is 0 Å². The van der Waals surface area contributed by atoms with E-state index in [0.717, 1.165) is 5.56 Å². The maximum absolute atomic E-state index is 5.87. The van der Waals surface area contributed by atoms with Crippen LogP contribution in [-0.2, 0) is 0 Å². The lowest BCUT2D eigenvalue weighted by molar-refractivity contribution is 0.415. The molecule has 0 aliphatic heterocycles. The molecule has 1 aromatic carbocycles. The first-order chi connectivity index (χ1) is 5.57. The van der Waals surface area contributed by atoms with Crippen LogP contribution in [0.4, 0.5) is 0 Å². The predicted octanol–water partition coefficient (Wildman–Crippen LogP) is 3.96. The molecule has 0 fully saturated rings. The average molecular weight is 226 g/mol. The summed E-state index contributed by atoms with van der Waals surface area (Å²) in [6.07, 6.45) is 0. The zero-order chi connectivity index (χ0) is 9.30. The Labute approximate surface area is 86.2 Å². The Balaban J connectivity index is 3.39. The summed E-state index contributed by atoms with van der Waals surface area (Å²) in [5.74, 6) is 0.497. The van der Waals surface area contributed by atoms with E-state index in [1.54, 1.807) is 13.0 Å². The van der Waals surface area contributed by atoms with E-state index in [0.29, 0.717) is 20.8 Å². The summed E-state index contributed by atoms with van der Waals surface area (Å²) in [6, 6.07) is 1.64. The first-order valence-electron chi connectivity index (χ1n) is 3.26. The first kappa shape index (κ1) is 9.97. The second-order valence-corrected chi connectivity index (χ2v) is 3.48. The maximum Gasteiger partial charge on any atom is 0.140 e. The van der Waals surface area contributed by atoms with Gasteiger partial charge < -0.3 is 4.74 Å². The summed E-state index contributed by atoms with van der Waals surface area (Å²) in [5, 5.41) is 1.41. The second-order valence-electron chi connectivity index (χ2n) is 2.31. The lowest BCUT2D eigenvalue weighted by Gasteiger charge is -2.08. The number of benzene rings is 1. The van der Waals surface area contributed by atoms with Gasteiger partial charge in [-0.05, 0) is 12.5 Å². The van der Waals surface area contributed by atoms with E-state index in [9.17, 15) is 0 Å². The fourth-order valence-electron chi connectivity index (χ4n) is 0.813. The van der Waals surface area contributed by atoms with Crippen molar-refractivity contribution in [1.29, 1.82) is 0 Å². The highest BCUT2D eigenvalue weighted by atomic mass is 35.5. The molecule has 66 valence electrons. The van der Waals surface area contributed by atoms with Crippen LogP contribution in [0.15, 0.2) is 6.07 Å². The lowest BCUT2D eigenvalue weighted by atomic mass is 10.2. The molecule has 0 atom stereocenters. The van der Waals surface area contributed by atoms with Crippen molar-refractivity contribution >= 4 is 34.8 Å². The van der Waals surface area contributed by atoms with Crippen molar-refractivity contribution in [2.75, 3.05) is 7.11 Å². The van der Waals surface area contributed by atoms with Gasteiger partial charge in [0.15, 0.2) is 0 Å². The van der Waals surface area contributed by atoms with Crippen molar-refractivity contribution in [3.63, 3.8) is 0 Å². The molecule has 0 spiro atoms. The van der Waals surface area contributed by atoms with E-state index in [1.807, 2.05) is 0 Å². The van der Waals surface area contributed by atoms with Gasteiger partial charge in [0.25, 0.3) is 0 Å². The molecule has 12 heavy (non-hydrogen) atoms. The lowest BCUT2D eigenvalue weighted by Crippen LogP contribution is -1.87. The summed E-state index contributed by atoms with van der Waals surface area (Å²) in [7, 11) is 1.52. The van der Waals surface area contributed by atoms with Crippen LogP contribution >= 0.6 is 34.8 Å². The van der Waals surface area contributed by atoms with Gasteiger partial charge in [-0.3, -0.25) is 0 Å². The second kappa shape index (κ2) is 3.73. The van der Waals surface area contributed by atoms with Crippen molar-refractivity contribution in [1.82, 2.24) is 0 Å². The number of rotatable bonds is 1. The minimum absolute atomic E-state index is 0.404. The summed E-state index contributed by atoms with van der Waals surface area (Å²) in [5.41, 5.74) is 0.768. The number of ether oxygens (including phenoxy) is 1. The molecule has 0 saturated heterocycles. The van der Waals surface area contributed by atoms with Crippen LogP contribution in [-0.4, -0.2) is 7.11 Å². The molecule has 0 radical (unpaired) electrons. The van der Waals surface area contributed by atoms with Gasteiger partial charge in [0, 0.05) is 11.1 Å². The van der Waals surface area contributed by atoms with Gasteiger partial charge in [0.2, 0.25) is 0 Å². The Hall–Kier alpha value is -0.110. The molecular weight excluding hydrogens is 218 g/mol. The summed E-state index contributed by atoms with van der Waals surface area (Å²) in [6.45, 7) is 1.80. The Morgan fingerprint density at radius 2 is 1.75 bits per heavy atom. The number of hydrogen-bond acceptors (Lipinski definition) is 1. The van der Waals surface area contributed by atoms with Crippen LogP contribution in [0.2, 0.25) is 15.1 Å². The van der Waals surface area contributed by atoms with Crippen molar-refractivity contribution in [3.05, 3.63) is 26.7 Å². The standard InChI is InChI=1S/C8H7Cl3O/c1-4-5(9)3-6(12-2)8(11)7(4)10/h3H,1-2H3. The molecule has 0 aliphatic rings. The third-order valence-electron chi connectivity index (χ3n) is 1.57. The van der Waals surface area contributed by atoms with E-state index >= 15 is 0 Å². The quantitative estimate of drug-likeness (QED) is 0.657. The monoisotopic (exact) mass is 224 g/mol. The summed E-state index contributed by atoms with van der Waals surface area (Å²) < 4.78 is 4.96. The Kier molecular flexibility index (Phi) is 3.10. The van der Waals surface area contributed by atoms with Gasteiger partial charge in [-0.1, -0.05) is 34.8 Å². The highest BCUT2D eigenvalue weighted by Gasteiger charge is 2.11. The molecule has 1 rings (SSSR count). The predicted molar refractivity (Wildman–Crippen MR) is 52.8 cm³/mol. The molecule has 1 aromatic rings. The normalized spacial score (nSPS) is 10.1. The van der Waals surface area contributed by atoms with Crippen LogP contribution in [0.25, 0.3) is 0 Å². The van der Waals surface area contributed by atoms with Crippen molar-refractivity contribution in [3.8, 4) is 5.75 Å². The van der Waals surface area contributed by atoms with Crippen LogP contribution in [0, 0.1) is 6.92 Å². The van der Waals surface area contributed by atoms with Crippen molar-refractivity contribution in [2.24, 2.45) is 0 Å². The molecule has 0 heterocycles. The third-order valence-corrected chi connectivity index (χ3v) is 2.91. The molecule has 0 amide bonds. The molecule has 0 N–H and O–H groups in total. The first-order valence-corrected chi connectivity index (χ1v) is 4.39. The molecule has 0 bridgehead atoms. The molecule has 0 saturated carbocycles. The number of methoxy groups -OCH3 is 1. The van der Waals surface area contributed by atoms with Crippen LogP contribution in [0.1, 0.15) is 5.56 Å². The molecule has 0 unspecified atom stereocenters. The molecule has 1 nitrogen and oxygen atoms in total. The van der Waals surface area contributed by atoms with E-state index in [2.05, 4.69) is 0 Å². The minimum atomic E-state index is 0.404. The van der Waals surface area contributed by atoms with Crippen molar-refractivity contribution < 1.29 is 4.74 Å². The Morgan fingerprint density at radius 1 is 1.17 bits per heavy atom. The molecular formula is C8H7Cl3O. The van der Waals surface area contributed by atoms with Gasteiger partial charge in [0.05, 0.1) is 12.1 Å². The van der Waals surface area contributed by atoms with Crippen LogP contribution < -0.4 is 4.74 Å². The van der Waals surface area contributed by atoms with Crippen molar-refractivity contribution in [2.45, 2.75) is 6.92 Å². The topological polar surface area (TPSA) is 9.23 Å². The summed E-state index contributed by atoms with van der Waals surface area (Å²) in [4.78, 5) is 0. The highest BCUT2D eigenvalue weighted by molar-refractivity contribution is 6.45. The SMILES string of the molecule is COc1cc(Cl)c(C)c(Cl)c1Cl. The Bertz CT molecular complexity index is 310. The minimum Gasteiger partial charge on any atom is -0.495 e. The van der Waals surface area contributed by atoms with Gasteiger partial charge in [-0.2, -0.15) is 0 Å². The third kappa shape index (κ3) is 1.63. The molecule has 4 heteroatoms. The van der Waals surface area contributed by atoms with Crippen LogP contribution in [0.3, 0.4) is 0 Å². The fraction of sp³-hybridized carbons (Fsp3) is 0.250. The fourth-order valence-corrected chi connectivity index (χ4v) is 1.52. The maximum atomic E-state index is 5.87. The molecule has 0 aliphatic carbocycles. The largest absolute Gasteiger partial charge is 0.495 e. The van der Waals surface area contributed by atoms with E-state index in [1.165, 1.54) is 7.11 Å².